The lowest BCUT2D eigenvalue weighted by Gasteiger charge is -2.21. The summed E-state index contributed by atoms with van der Waals surface area (Å²) in [5.74, 6) is -1.66. The Morgan fingerprint density at radius 2 is 1.85 bits per heavy atom. The number of halogens is 3. The number of rotatable bonds is 6. The Bertz CT molecular complexity index is 959. The lowest BCUT2D eigenvalue weighted by atomic mass is 10.2. The average Bonchev–Trinajstić information content (AvgIpc) is 3.02. The Morgan fingerprint density at radius 3 is 2.52 bits per heavy atom. The number of aromatic nitrogens is 1. The molecule has 27 heavy (non-hydrogen) atoms. The van der Waals surface area contributed by atoms with Crippen molar-refractivity contribution in [3.8, 4) is 0 Å². The van der Waals surface area contributed by atoms with Crippen molar-refractivity contribution in [3.63, 3.8) is 0 Å². The molecule has 3 rings (SSSR count). The topological polar surface area (TPSA) is 36.4 Å². The fraction of sp³-hybridized carbons (Fsp3) is 0.263. The van der Waals surface area contributed by atoms with Crippen molar-refractivity contribution >= 4 is 44.2 Å². The van der Waals surface area contributed by atoms with Crippen LogP contribution in [-0.2, 0) is 0 Å². The first-order valence-electron chi connectivity index (χ1n) is 8.33. The Balaban J connectivity index is 1.97. The molecule has 0 spiro atoms. The van der Waals surface area contributed by atoms with E-state index < -0.39 is 11.6 Å². The third-order valence-corrected chi connectivity index (χ3v) is 5.23. The van der Waals surface area contributed by atoms with Crippen LogP contribution >= 0.6 is 22.9 Å². The fourth-order valence-corrected chi connectivity index (χ4v) is 3.79. The van der Waals surface area contributed by atoms with Crippen LogP contribution in [0.4, 0.5) is 13.9 Å². The third kappa shape index (κ3) is 4.61. The molecule has 3 aromatic rings. The molecule has 8 heteroatoms. The number of hydrogen-bond acceptors (Lipinski definition) is 4. The van der Waals surface area contributed by atoms with E-state index in [0.29, 0.717) is 33.4 Å². The zero-order valence-electron chi connectivity index (χ0n) is 14.9. The maximum atomic E-state index is 14.0. The summed E-state index contributed by atoms with van der Waals surface area (Å²) >= 11 is 6.99. The van der Waals surface area contributed by atoms with E-state index in [1.54, 1.807) is 24.3 Å². The quantitative estimate of drug-likeness (QED) is 0.585. The molecule has 0 aliphatic heterocycles. The van der Waals surface area contributed by atoms with Crippen LogP contribution in [0.3, 0.4) is 0 Å². The summed E-state index contributed by atoms with van der Waals surface area (Å²) in [6, 6.07) is 8.57. The normalized spacial score (nSPS) is 11.3. The highest BCUT2D eigenvalue weighted by Crippen LogP contribution is 2.32. The van der Waals surface area contributed by atoms with Gasteiger partial charge >= 0.3 is 0 Å². The molecule has 142 valence electrons. The summed E-state index contributed by atoms with van der Waals surface area (Å²) in [5, 5.41) is 0.872. The van der Waals surface area contributed by atoms with Crippen molar-refractivity contribution in [3.05, 3.63) is 58.6 Å². The van der Waals surface area contributed by atoms with E-state index >= 15 is 0 Å². The number of benzene rings is 2. The van der Waals surface area contributed by atoms with Crippen molar-refractivity contribution in [2.45, 2.75) is 6.42 Å². The SMILES string of the molecule is CN(C)CCCN(C(=O)c1ccc(Cl)cc1)c1nc2c(F)cc(F)cc2s1. The fourth-order valence-electron chi connectivity index (χ4n) is 2.64. The van der Waals surface area contributed by atoms with Crippen LogP contribution in [0.5, 0.6) is 0 Å². The predicted molar refractivity (Wildman–Crippen MR) is 106 cm³/mol. The molecule has 0 aliphatic carbocycles. The van der Waals surface area contributed by atoms with Crippen molar-refractivity contribution in [1.29, 1.82) is 0 Å². The zero-order chi connectivity index (χ0) is 19.6. The number of anilines is 1. The first kappa shape index (κ1) is 19.7. The van der Waals surface area contributed by atoms with Crippen molar-refractivity contribution < 1.29 is 13.6 Å². The van der Waals surface area contributed by atoms with E-state index in [-0.39, 0.29) is 11.4 Å². The maximum absolute atomic E-state index is 14.0. The monoisotopic (exact) mass is 409 g/mol. The predicted octanol–water partition coefficient (Wildman–Crippen LogP) is 4.83. The largest absolute Gasteiger partial charge is 0.309 e. The van der Waals surface area contributed by atoms with Gasteiger partial charge in [-0.05, 0) is 57.4 Å². The van der Waals surface area contributed by atoms with E-state index in [2.05, 4.69) is 4.98 Å². The Morgan fingerprint density at radius 1 is 1.15 bits per heavy atom. The summed E-state index contributed by atoms with van der Waals surface area (Å²) < 4.78 is 27.9. The molecule has 0 unspecified atom stereocenters. The molecule has 4 nitrogen and oxygen atoms in total. The molecule has 0 saturated carbocycles. The van der Waals surface area contributed by atoms with Crippen LogP contribution in [0.15, 0.2) is 36.4 Å². The maximum Gasteiger partial charge on any atom is 0.260 e. The van der Waals surface area contributed by atoms with E-state index in [4.69, 9.17) is 11.6 Å². The van der Waals surface area contributed by atoms with E-state index in [9.17, 15) is 13.6 Å². The molecule has 0 N–H and O–H groups in total. The summed E-state index contributed by atoms with van der Waals surface area (Å²) in [4.78, 5) is 20.8. The molecular weight excluding hydrogens is 392 g/mol. The second kappa shape index (κ2) is 8.29. The number of hydrogen-bond donors (Lipinski definition) is 0. The van der Waals surface area contributed by atoms with Gasteiger partial charge in [0.25, 0.3) is 5.91 Å². The van der Waals surface area contributed by atoms with Gasteiger partial charge in [-0.15, -0.1) is 0 Å². The van der Waals surface area contributed by atoms with Crippen LogP contribution in [0.25, 0.3) is 10.2 Å². The van der Waals surface area contributed by atoms with Gasteiger partial charge in [-0.1, -0.05) is 22.9 Å². The van der Waals surface area contributed by atoms with Gasteiger partial charge in [0, 0.05) is 23.2 Å². The molecule has 0 atom stereocenters. The minimum atomic E-state index is -0.736. The van der Waals surface area contributed by atoms with Gasteiger partial charge < -0.3 is 4.90 Å². The molecule has 0 aliphatic rings. The van der Waals surface area contributed by atoms with E-state index in [0.717, 1.165) is 23.9 Å². The van der Waals surface area contributed by atoms with Gasteiger partial charge in [0.2, 0.25) is 0 Å². The smallest absolute Gasteiger partial charge is 0.260 e. The van der Waals surface area contributed by atoms with Crippen LogP contribution < -0.4 is 4.90 Å². The van der Waals surface area contributed by atoms with E-state index in [1.807, 2.05) is 19.0 Å². The van der Waals surface area contributed by atoms with Crippen LogP contribution in [-0.4, -0.2) is 43.0 Å². The highest BCUT2D eigenvalue weighted by Gasteiger charge is 2.22. The minimum Gasteiger partial charge on any atom is -0.309 e. The summed E-state index contributed by atoms with van der Waals surface area (Å²) in [7, 11) is 3.89. The Hall–Kier alpha value is -2.09. The number of amides is 1. The average molecular weight is 410 g/mol. The number of fused-ring (bicyclic) bond motifs is 1. The molecular formula is C19H18ClF2N3OS. The zero-order valence-corrected chi connectivity index (χ0v) is 16.4. The molecule has 0 fully saturated rings. The minimum absolute atomic E-state index is 0.0675. The molecule has 0 radical (unpaired) electrons. The number of carbonyl (C=O) groups excluding carboxylic acids is 1. The molecule has 0 bridgehead atoms. The third-order valence-electron chi connectivity index (χ3n) is 3.96. The van der Waals surface area contributed by atoms with E-state index in [1.165, 1.54) is 11.0 Å². The highest BCUT2D eigenvalue weighted by atomic mass is 35.5. The number of thiazole rings is 1. The first-order chi connectivity index (χ1) is 12.8. The summed E-state index contributed by atoms with van der Waals surface area (Å²) in [6.07, 6.45) is 0.707. The van der Waals surface area contributed by atoms with Gasteiger partial charge in [-0.25, -0.2) is 13.8 Å². The second-order valence-electron chi connectivity index (χ2n) is 6.35. The molecule has 0 saturated heterocycles. The van der Waals surface area contributed by atoms with Gasteiger partial charge in [-0.3, -0.25) is 9.69 Å². The molecule has 1 aromatic heterocycles. The van der Waals surface area contributed by atoms with Crippen LogP contribution in [0.2, 0.25) is 5.02 Å². The second-order valence-corrected chi connectivity index (χ2v) is 7.80. The van der Waals surface area contributed by atoms with Gasteiger partial charge in [-0.2, -0.15) is 0 Å². The van der Waals surface area contributed by atoms with Gasteiger partial charge in [0.15, 0.2) is 10.9 Å². The number of nitrogens with zero attached hydrogens (tertiary/aromatic N) is 3. The van der Waals surface area contributed by atoms with Gasteiger partial charge in [0.05, 0.1) is 4.70 Å². The van der Waals surface area contributed by atoms with Crippen LogP contribution in [0.1, 0.15) is 16.8 Å². The molecule has 2 aromatic carbocycles. The number of carbonyl (C=O) groups is 1. The van der Waals surface area contributed by atoms with Crippen molar-refractivity contribution in [1.82, 2.24) is 9.88 Å². The lowest BCUT2D eigenvalue weighted by molar-refractivity contribution is 0.0986. The van der Waals surface area contributed by atoms with Gasteiger partial charge in [0.1, 0.15) is 11.3 Å². The van der Waals surface area contributed by atoms with Crippen molar-refractivity contribution in [2.24, 2.45) is 0 Å². The molecule has 1 amide bonds. The Kier molecular flexibility index (Phi) is 6.04. The summed E-state index contributed by atoms with van der Waals surface area (Å²) in [6.45, 7) is 1.18. The molecule has 1 heterocycles. The highest BCUT2D eigenvalue weighted by molar-refractivity contribution is 7.22. The Labute approximate surface area is 165 Å². The lowest BCUT2D eigenvalue weighted by Crippen LogP contribution is -2.33. The summed E-state index contributed by atoms with van der Waals surface area (Å²) in [5.41, 5.74) is 0.521. The van der Waals surface area contributed by atoms with Crippen molar-refractivity contribution in [2.75, 3.05) is 32.1 Å². The standard InChI is InChI=1S/C19H18ClF2N3OS/c1-24(2)8-3-9-25(18(26)12-4-6-13(20)7-5-12)19-23-17-15(22)10-14(21)11-16(17)27-19/h4-7,10-11H,3,8-9H2,1-2H3. The van der Waals surface area contributed by atoms with Crippen LogP contribution in [0, 0.1) is 11.6 Å². The first-order valence-corrected chi connectivity index (χ1v) is 9.52.